The fourth-order valence-corrected chi connectivity index (χ4v) is 5.84. The normalized spacial score (nSPS) is 13.4. The van der Waals surface area contributed by atoms with Gasteiger partial charge >= 0.3 is 30.2 Å². The van der Waals surface area contributed by atoms with Crippen molar-refractivity contribution in [3.63, 3.8) is 0 Å². The van der Waals surface area contributed by atoms with E-state index in [9.17, 15) is 24.0 Å². The molecule has 0 saturated carbocycles. The molecule has 1 aliphatic rings. The van der Waals surface area contributed by atoms with Gasteiger partial charge in [0.2, 0.25) is 0 Å². The molecule has 3 amide bonds. The number of fused-ring (bicyclic) bond motifs is 3. The second-order valence-electron chi connectivity index (χ2n) is 14.4. The van der Waals surface area contributed by atoms with Gasteiger partial charge in [0.05, 0.1) is 7.11 Å². The number of rotatable bonds is 16. The molecule has 52 heavy (non-hydrogen) atoms. The largest absolute Gasteiger partial charge is 0.467 e. The third kappa shape index (κ3) is 12.9. The molecule has 0 aromatic heterocycles. The lowest BCUT2D eigenvalue weighted by Gasteiger charge is -2.33. The number of hydrogen-bond donors (Lipinski definition) is 2. The minimum atomic E-state index is -1.27. The molecule has 0 spiro atoms. The number of nitrogens with zero attached hydrogens (tertiary/aromatic N) is 1. The van der Waals surface area contributed by atoms with E-state index in [4.69, 9.17) is 23.7 Å². The van der Waals surface area contributed by atoms with Crippen LogP contribution in [0, 0.1) is 0 Å². The zero-order valence-corrected chi connectivity index (χ0v) is 31.3. The lowest BCUT2D eigenvalue weighted by atomic mass is 9.98. The molecule has 3 rings (SSSR count). The lowest BCUT2D eigenvalue weighted by Crippen LogP contribution is -2.53. The molecule has 0 aliphatic heterocycles. The quantitative estimate of drug-likeness (QED) is 0.0849. The summed E-state index contributed by atoms with van der Waals surface area (Å²) < 4.78 is 27.0. The second-order valence-corrected chi connectivity index (χ2v) is 14.4. The molecule has 2 N–H and O–H groups in total. The van der Waals surface area contributed by atoms with Gasteiger partial charge in [0.1, 0.15) is 30.5 Å². The van der Waals surface area contributed by atoms with Gasteiger partial charge in [-0.3, -0.25) is 9.69 Å². The van der Waals surface area contributed by atoms with Crippen molar-refractivity contribution in [3.05, 3.63) is 72.3 Å². The Balaban J connectivity index is 1.91. The predicted molar refractivity (Wildman–Crippen MR) is 195 cm³/mol. The first kappa shape index (κ1) is 41.4. The van der Waals surface area contributed by atoms with Gasteiger partial charge in [-0.25, -0.2) is 19.2 Å². The summed E-state index contributed by atoms with van der Waals surface area (Å²) in [6.07, 6.45) is -0.525. The Morgan fingerprint density at radius 3 is 2.00 bits per heavy atom. The SMILES string of the molecule is C=CCOC(=O)NCCC[C@@H](CN(C(=O)OCC1c2ccccc2-c2ccccc21)[C@@H](CCC(=O)OC(C)(C)C)C(=O)OC)NC(=O)OC(C)(C)C. The fraction of sp³-hybridized carbons (Fsp3) is 0.513. The molecular weight excluding hydrogens is 670 g/mol. The molecule has 2 atom stereocenters. The molecule has 13 nitrogen and oxygen atoms in total. The molecule has 0 unspecified atom stereocenters. The van der Waals surface area contributed by atoms with Crippen LogP contribution in [0.15, 0.2) is 61.2 Å². The van der Waals surface area contributed by atoms with Crippen LogP contribution < -0.4 is 10.6 Å². The number of alkyl carbamates (subject to hydrolysis) is 2. The number of ether oxygens (including phenoxy) is 5. The van der Waals surface area contributed by atoms with Crippen LogP contribution in [-0.2, 0) is 33.3 Å². The van der Waals surface area contributed by atoms with Gasteiger partial charge in [-0.05, 0) is 83.1 Å². The summed E-state index contributed by atoms with van der Waals surface area (Å²) in [5.41, 5.74) is 2.51. The van der Waals surface area contributed by atoms with Crippen molar-refractivity contribution >= 4 is 30.2 Å². The minimum Gasteiger partial charge on any atom is -0.467 e. The van der Waals surface area contributed by atoms with Gasteiger partial charge in [-0.15, -0.1) is 0 Å². The summed E-state index contributed by atoms with van der Waals surface area (Å²) in [6.45, 7) is 13.8. The molecule has 2 aromatic rings. The lowest BCUT2D eigenvalue weighted by molar-refractivity contribution is -0.156. The van der Waals surface area contributed by atoms with Crippen LogP contribution in [-0.4, -0.2) is 91.8 Å². The highest BCUT2D eigenvalue weighted by atomic mass is 16.6. The monoisotopic (exact) mass is 723 g/mol. The number of benzene rings is 2. The van der Waals surface area contributed by atoms with E-state index in [-0.39, 0.29) is 51.5 Å². The standard InChI is InChI=1S/C39H53N3O10/c1-9-23-49-35(45)40-22-14-15-26(41-36(46)52-39(5,6)7)24-42(32(34(44)48-8)20-21-33(43)51-38(2,3)4)37(47)50-25-31-29-18-12-10-16-27(29)28-17-11-13-19-30(28)31/h9-13,16-19,26,31-32H,1,14-15,20-25H2,2-8H3,(H,40,45)(H,41,46)/t26-,32-/m0/s1. The zero-order valence-electron chi connectivity index (χ0n) is 31.3. The Labute approximate surface area is 306 Å². The third-order valence-corrected chi connectivity index (χ3v) is 7.93. The summed E-state index contributed by atoms with van der Waals surface area (Å²) >= 11 is 0. The molecule has 0 fully saturated rings. The van der Waals surface area contributed by atoms with Crippen LogP contribution in [0.3, 0.4) is 0 Å². The van der Waals surface area contributed by atoms with E-state index < -0.39 is 53.5 Å². The summed E-state index contributed by atoms with van der Waals surface area (Å²) in [6, 6.07) is 13.7. The molecule has 2 aromatic carbocycles. The average molecular weight is 724 g/mol. The van der Waals surface area contributed by atoms with Crippen molar-refractivity contribution in [1.82, 2.24) is 15.5 Å². The van der Waals surface area contributed by atoms with Gasteiger partial charge in [0.15, 0.2) is 0 Å². The van der Waals surface area contributed by atoms with E-state index in [1.165, 1.54) is 18.1 Å². The first-order valence-electron chi connectivity index (χ1n) is 17.4. The zero-order chi connectivity index (χ0) is 38.5. The number of carbonyl (C=O) groups is 5. The van der Waals surface area contributed by atoms with Crippen molar-refractivity contribution in [2.75, 3.05) is 33.4 Å². The number of carbonyl (C=O) groups excluding carboxylic acids is 5. The van der Waals surface area contributed by atoms with E-state index in [1.54, 1.807) is 41.5 Å². The van der Waals surface area contributed by atoms with Crippen LogP contribution >= 0.6 is 0 Å². The van der Waals surface area contributed by atoms with E-state index in [2.05, 4.69) is 17.2 Å². The molecule has 0 bridgehead atoms. The molecule has 1 aliphatic carbocycles. The second kappa shape index (κ2) is 19.0. The van der Waals surface area contributed by atoms with E-state index in [0.29, 0.717) is 6.42 Å². The number of hydrogen-bond acceptors (Lipinski definition) is 10. The summed E-state index contributed by atoms with van der Waals surface area (Å²) in [4.78, 5) is 66.4. The van der Waals surface area contributed by atoms with Crippen molar-refractivity contribution < 1.29 is 47.7 Å². The third-order valence-electron chi connectivity index (χ3n) is 7.93. The first-order valence-corrected chi connectivity index (χ1v) is 17.4. The smallest absolute Gasteiger partial charge is 0.410 e. The highest BCUT2D eigenvalue weighted by Crippen LogP contribution is 2.44. The van der Waals surface area contributed by atoms with Gasteiger partial charge in [0, 0.05) is 31.5 Å². The van der Waals surface area contributed by atoms with Crippen LogP contribution in [0.4, 0.5) is 14.4 Å². The van der Waals surface area contributed by atoms with Gasteiger partial charge < -0.3 is 34.3 Å². The van der Waals surface area contributed by atoms with Crippen LogP contribution in [0.2, 0.25) is 0 Å². The van der Waals surface area contributed by atoms with Crippen LogP contribution in [0.5, 0.6) is 0 Å². The van der Waals surface area contributed by atoms with Crippen molar-refractivity contribution in [3.8, 4) is 11.1 Å². The van der Waals surface area contributed by atoms with Gasteiger partial charge in [0.25, 0.3) is 0 Å². The maximum atomic E-state index is 14.2. The fourth-order valence-electron chi connectivity index (χ4n) is 5.84. The molecule has 13 heteroatoms. The summed E-state index contributed by atoms with van der Waals surface area (Å²) in [5, 5.41) is 5.43. The Morgan fingerprint density at radius 2 is 1.44 bits per heavy atom. The molecule has 0 heterocycles. The predicted octanol–water partition coefficient (Wildman–Crippen LogP) is 6.49. The highest BCUT2D eigenvalue weighted by Gasteiger charge is 2.37. The van der Waals surface area contributed by atoms with Crippen LogP contribution in [0.25, 0.3) is 11.1 Å². The van der Waals surface area contributed by atoms with Crippen LogP contribution in [0.1, 0.15) is 84.3 Å². The number of esters is 2. The van der Waals surface area contributed by atoms with Gasteiger partial charge in [-0.1, -0.05) is 61.2 Å². The van der Waals surface area contributed by atoms with E-state index in [0.717, 1.165) is 22.3 Å². The first-order chi connectivity index (χ1) is 24.5. The topological polar surface area (TPSA) is 159 Å². The number of nitrogens with one attached hydrogen (secondary N) is 2. The van der Waals surface area contributed by atoms with E-state index in [1.807, 2.05) is 48.5 Å². The minimum absolute atomic E-state index is 0.0375. The van der Waals surface area contributed by atoms with Crippen molar-refractivity contribution in [2.24, 2.45) is 0 Å². The Kier molecular flexibility index (Phi) is 15.1. The highest BCUT2D eigenvalue weighted by molar-refractivity contribution is 5.83. The van der Waals surface area contributed by atoms with E-state index >= 15 is 0 Å². The molecule has 284 valence electrons. The Bertz CT molecular complexity index is 1520. The maximum Gasteiger partial charge on any atom is 0.410 e. The number of amides is 3. The molecule has 0 saturated heterocycles. The van der Waals surface area contributed by atoms with Crippen molar-refractivity contribution in [2.45, 2.75) is 96.4 Å². The maximum absolute atomic E-state index is 14.2. The Hall–Kier alpha value is -5.07. The van der Waals surface area contributed by atoms with Gasteiger partial charge in [-0.2, -0.15) is 0 Å². The summed E-state index contributed by atoms with van der Waals surface area (Å²) in [7, 11) is 1.19. The molecule has 0 radical (unpaired) electrons. The van der Waals surface area contributed by atoms with Crippen molar-refractivity contribution in [1.29, 1.82) is 0 Å². The Morgan fingerprint density at radius 1 is 0.846 bits per heavy atom. The average Bonchev–Trinajstić information content (AvgIpc) is 3.39. The summed E-state index contributed by atoms with van der Waals surface area (Å²) in [5.74, 6) is -1.61. The molecular formula is C39H53N3O10. The number of methoxy groups -OCH3 is 1.